The SMILES string of the molecule is CC(CNC(=O)c1cccc(S(=O)(=O)N2CCCCC2)c1)CC(=O)O. The maximum Gasteiger partial charge on any atom is 0.303 e. The summed E-state index contributed by atoms with van der Waals surface area (Å²) < 4.78 is 26.8. The molecule has 138 valence electrons. The van der Waals surface area contributed by atoms with E-state index in [0.717, 1.165) is 19.3 Å². The van der Waals surface area contributed by atoms with Crippen LogP contribution in [0.5, 0.6) is 0 Å². The number of sulfonamides is 1. The number of hydrogen-bond acceptors (Lipinski definition) is 4. The molecule has 25 heavy (non-hydrogen) atoms. The molecule has 1 unspecified atom stereocenters. The van der Waals surface area contributed by atoms with Crippen LogP contribution in [-0.4, -0.2) is 49.3 Å². The van der Waals surface area contributed by atoms with E-state index in [1.807, 2.05) is 0 Å². The normalized spacial score (nSPS) is 17.0. The van der Waals surface area contributed by atoms with Crippen molar-refractivity contribution in [2.24, 2.45) is 5.92 Å². The van der Waals surface area contributed by atoms with Gasteiger partial charge in [0.1, 0.15) is 0 Å². The Morgan fingerprint density at radius 1 is 1.24 bits per heavy atom. The average Bonchev–Trinajstić information content (AvgIpc) is 2.60. The Morgan fingerprint density at radius 3 is 2.56 bits per heavy atom. The molecule has 1 aromatic carbocycles. The van der Waals surface area contributed by atoms with Crippen LogP contribution < -0.4 is 5.32 Å². The van der Waals surface area contributed by atoms with Crippen molar-refractivity contribution in [1.29, 1.82) is 0 Å². The zero-order chi connectivity index (χ0) is 18.4. The minimum Gasteiger partial charge on any atom is -0.481 e. The van der Waals surface area contributed by atoms with Crippen molar-refractivity contribution in [3.05, 3.63) is 29.8 Å². The highest BCUT2D eigenvalue weighted by molar-refractivity contribution is 7.89. The van der Waals surface area contributed by atoms with Crippen LogP contribution >= 0.6 is 0 Å². The average molecular weight is 368 g/mol. The molecule has 2 N–H and O–H groups in total. The van der Waals surface area contributed by atoms with Gasteiger partial charge in [-0.1, -0.05) is 19.4 Å². The molecule has 1 atom stereocenters. The molecular formula is C17H24N2O5S. The second-order valence-corrected chi connectivity index (χ2v) is 8.34. The molecule has 1 fully saturated rings. The van der Waals surface area contributed by atoms with Gasteiger partial charge in [-0.3, -0.25) is 9.59 Å². The number of nitrogens with one attached hydrogen (secondary N) is 1. The van der Waals surface area contributed by atoms with E-state index in [-0.39, 0.29) is 29.3 Å². The van der Waals surface area contributed by atoms with Gasteiger partial charge in [0.2, 0.25) is 10.0 Å². The van der Waals surface area contributed by atoms with Crippen LogP contribution in [0.3, 0.4) is 0 Å². The second kappa shape index (κ2) is 8.44. The Kier molecular flexibility index (Phi) is 6.55. The summed E-state index contributed by atoms with van der Waals surface area (Å²) in [6, 6.07) is 5.97. The van der Waals surface area contributed by atoms with Crippen LogP contribution in [0.25, 0.3) is 0 Å². The highest BCUT2D eigenvalue weighted by Gasteiger charge is 2.26. The molecule has 1 heterocycles. The van der Waals surface area contributed by atoms with Gasteiger partial charge in [0, 0.05) is 31.6 Å². The largest absolute Gasteiger partial charge is 0.481 e. The molecule has 1 aromatic rings. The molecule has 1 aliphatic rings. The molecule has 1 saturated heterocycles. The quantitative estimate of drug-likeness (QED) is 0.762. The van der Waals surface area contributed by atoms with E-state index in [0.29, 0.717) is 13.1 Å². The maximum atomic E-state index is 12.7. The fraction of sp³-hybridized carbons (Fsp3) is 0.529. The zero-order valence-electron chi connectivity index (χ0n) is 14.3. The third-order valence-electron chi connectivity index (χ3n) is 4.18. The van der Waals surface area contributed by atoms with Gasteiger partial charge in [0.05, 0.1) is 4.90 Å². The number of hydrogen-bond donors (Lipinski definition) is 2. The van der Waals surface area contributed by atoms with Crippen molar-refractivity contribution in [3.8, 4) is 0 Å². The van der Waals surface area contributed by atoms with Crippen molar-refractivity contribution >= 4 is 21.9 Å². The monoisotopic (exact) mass is 368 g/mol. The summed E-state index contributed by atoms with van der Waals surface area (Å²) in [5.41, 5.74) is 0.251. The van der Waals surface area contributed by atoms with Gasteiger partial charge in [-0.25, -0.2) is 8.42 Å². The summed E-state index contributed by atoms with van der Waals surface area (Å²) in [7, 11) is -3.59. The van der Waals surface area contributed by atoms with Gasteiger partial charge in [-0.05, 0) is 37.0 Å². The molecule has 2 rings (SSSR count). The van der Waals surface area contributed by atoms with E-state index in [1.165, 1.54) is 16.4 Å². The Bertz CT molecular complexity index is 726. The maximum absolute atomic E-state index is 12.7. The van der Waals surface area contributed by atoms with Gasteiger partial charge in [-0.15, -0.1) is 0 Å². The first kappa shape index (κ1) is 19.4. The smallest absolute Gasteiger partial charge is 0.303 e. The Morgan fingerprint density at radius 2 is 1.92 bits per heavy atom. The van der Waals surface area contributed by atoms with Gasteiger partial charge >= 0.3 is 5.97 Å². The van der Waals surface area contributed by atoms with Crippen LogP contribution in [0.4, 0.5) is 0 Å². The molecule has 7 nitrogen and oxygen atoms in total. The molecule has 0 spiro atoms. The van der Waals surface area contributed by atoms with Crippen molar-refractivity contribution in [1.82, 2.24) is 9.62 Å². The number of carbonyl (C=O) groups excluding carboxylic acids is 1. The van der Waals surface area contributed by atoms with Gasteiger partial charge < -0.3 is 10.4 Å². The van der Waals surface area contributed by atoms with Crippen molar-refractivity contribution in [3.63, 3.8) is 0 Å². The lowest BCUT2D eigenvalue weighted by molar-refractivity contribution is -0.137. The zero-order valence-corrected chi connectivity index (χ0v) is 15.1. The van der Waals surface area contributed by atoms with Crippen LogP contribution in [-0.2, 0) is 14.8 Å². The first-order valence-corrected chi connectivity index (χ1v) is 9.85. The van der Waals surface area contributed by atoms with E-state index in [4.69, 9.17) is 5.11 Å². The molecular weight excluding hydrogens is 344 g/mol. The highest BCUT2D eigenvalue weighted by Crippen LogP contribution is 2.21. The van der Waals surface area contributed by atoms with Crippen molar-refractivity contribution < 1.29 is 23.1 Å². The first-order valence-electron chi connectivity index (χ1n) is 8.41. The van der Waals surface area contributed by atoms with Gasteiger partial charge in [-0.2, -0.15) is 4.31 Å². The molecule has 0 aliphatic carbocycles. The molecule has 0 aromatic heterocycles. The Hall–Kier alpha value is -1.93. The number of aliphatic carboxylic acids is 1. The molecule has 0 radical (unpaired) electrons. The van der Waals surface area contributed by atoms with Crippen LogP contribution in [0.1, 0.15) is 43.0 Å². The number of nitrogens with zero attached hydrogens (tertiary/aromatic N) is 1. The second-order valence-electron chi connectivity index (χ2n) is 6.41. The lowest BCUT2D eigenvalue weighted by Crippen LogP contribution is -2.35. The summed E-state index contributed by atoms with van der Waals surface area (Å²) in [5, 5.41) is 11.4. The van der Waals surface area contributed by atoms with Crippen molar-refractivity contribution in [2.45, 2.75) is 37.5 Å². The fourth-order valence-electron chi connectivity index (χ4n) is 2.79. The summed E-state index contributed by atoms with van der Waals surface area (Å²) in [6.45, 7) is 2.96. The third kappa shape index (κ3) is 5.27. The summed E-state index contributed by atoms with van der Waals surface area (Å²) in [6.07, 6.45) is 2.69. The number of carbonyl (C=O) groups is 2. The minimum absolute atomic E-state index is 0.0380. The number of carboxylic acid groups (broad SMARTS) is 1. The summed E-state index contributed by atoms with van der Waals surface area (Å²) >= 11 is 0. The molecule has 0 bridgehead atoms. The van der Waals surface area contributed by atoms with E-state index >= 15 is 0 Å². The lowest BCUT2D eigenvalue weighted by Gasteiger charge is -2.26. The molecule has 0 saturated carbocycles. The third-order valence-corrected chi connectivity index (χ3v) is 6.08. The van der Waals surface area contributed by atoms with E-state index in [2.05, 4.69) is 5.32 Å². The van der Waals surface area contributed by atoms with Crippen LogP contribution in [0.15, 0.2) is 29.2 Å². The molecule has 1 aliphatic heterocycles. The molecule has 1 amide bonds. The standard InChI is InChI=1S/C17H24N2O5S/c1-13(10-16(20)21)12-18-17(22)14-6-5-7-15(11-14)25(23,24)19-8-3-2-4-9-19/h5-7,11,13H,2-4,8-10,12H2,1H3,(H,18,22)(H,20,21). The predicted octanol–water partition coefficient (Wildman–Crippen LogP) is 1.70. The van der Waals surface area contributed by atoms with E-state index in [1.54, 1.807) is 19.1 Å². The van der Waals surface area contributed by atoms with E-state index in [9.17, 15) is 18.0 Å². The van der Waals surface area contributed by atoms with E-state index < -0.39 is 21.9 Å². The Balaban J connectivity index is 2.07. The van der Waals surface area contributed by atoms with Crippen molar-refractivity contribution in [2.75, 3.05) is 19.6 Å². The predicted molar refractivity (Wildman–Crippen MR) is 92.8 cm³/mol. The van der Waals surface area contributed by atoms with Crippen LogP contribution in [0.2, 0.25) is 0 Å². The highest BCUT2D eigenvalue weighted by atomic mass is 32.2. The number of rotatable bonds is 7. The van der Waals surface area contributed by atoms with Gasteiger partial charge in [0.15, 0.2) is 0 Å². The summed E-state index contributed by atoms with van der Waals surface area (Å²) in [4.78, 5) is 23.0. The topological polar surface area (TPSA) is 104 Å². The number of carboxylic acids is 1. The number of piperidine rings is 1. The number of amides is 1. The Labute approximate surface area is 148 Å². The molecule has 8 heteroatoms. The first-order chi connectivity index (χ1) is 11.8. The van der Waals surface area contributed by atoms with Crippen LogP contribution in [0, 0.1) is 5.92 Å². The summed E-state index contributed by atoms with van der Waals surface area (Å²) in [5.74, 6) is -1.54. The number of benzene rings is 1. The van der Waals surface area contributed by atoms with Gasteiger partial charge in [0.25, 0.3) is 5.91 Å². The minimum atomic E-state index is -3.59. The fourth-order valence-corrected chi connectivity index (χ4v) is 4.35. The lowest BCUT2D eigenvalue weighted by atomic mass is 10.1.